The molecule has 0 bridgehead atoms. The lowest BCUT2D eigenvalue weighted by atomic mass is 10.2. The Morgan fingerprint density at radius 3 is 2.44 bits per heavy atom. The molecule has 0 spiro atoms. The van der Waals surface area contributed by atoms with Gasteiger partial charge in [0, 0.05) is 20.1 Å². The van der Waals surface area contributed by atoms with Gasteiger partial charge >= 0.3 is 5.97 Å². The van der Waals surface area contributed by atoms with E-state index in [0.717, 1.165) is 15.4 Å². The first-order valence-electron chi connectivity index (χ1n) is 9.80. The molecule has 6 nitrogen and oxygen atoms in total. The summed E-state index contributed by atoms with van der Waals surface area (Å²) in [6, 6.07) is 18.9. The summed E-state index contributed by atoms with van der Waals surface area (Å²) < 4.78 is 12.7. The van der Waals surface area contributed by atoms with Gasteiger partial charge in [-0.2, -0.15) is 5.10 Å². The fraction of sp³-hybridized carbons (Fsp3) is 0.125. The fourth-order valence-corrected chi connectivity index (χ4v) is 3.41. The first-order valence-corrected chi connectivity index (χ1v) is 11.4. The van der Waals surface area contributed by atoms with Crippen LogP contribution < -0.4 is 14.9 Å². The van der Waals surface area contributed by atoms with Crippen molar-refractivity contribution < 1.29 is 19.1 Å². The molecule has 32 heavy (non-hydrogen) atoms. The number of hydrazone groups is 1. The van der Waals surface area contributed by atoms with Gasteiger partial charge in [-0.05, 0) is 67.1 Å². The van der Waals surface area contributed by atoms with E-state index in [0.29, 0.717) is 34.8 Å². The second-order valence-electron chi connectivity index (χ2n) is 6.65. The Labute approximate surface area is 202 Å². The second-order valence-corrected chi connectivity index (χ2v) is 8.49. The van der Waals surface area contributed by atoms with Crippen LogP contribution in [0.5, 0.6) is 11.5 Å². The highest BCUT2D eigenvalue weighted by atomic mass is 79.9. The van der Waals surface area contributed by atoms with Gasteiger partial charge in [0.15, 0.2) is 0 Å². The number of nitrogens with zero attached hydrogens (tertiary/aromatic N) is 1. The zero-order valence-electron chi connectivity index (χ0n) is 17.2. The normalized spacial score (nSPS) is 10.7. The minimum Gasteiger partial charge on any atom is -0.494 e. The molecule has 0 fully saturated rings. The van der Waals surface area contributed by atoms with Crippen molar-refractivity contribution >= 4 is 50.0 Å². The Morgan fingerprint density at radius 2 is 1.72 bits per heavy atom. The van der Waals surface area contributed by atoms with Crippen LogP contribution in [0.15, 0.2) is 80.8 Å². The number of carbonyl (C=O) groups is 2. The van der Waals surface area contributed by atoms with E-state index < -0.39 is 5.97 Å². The van der Waals surface area contributed by atoms with Crippen molar-refractivity contribution in [2.75, 3.05) is 6.61 Å². The Bertz CT molecular complexity index is 1130. The van der Waals surface area contributed by atoms with Crippen LogP contribution in [0.4, 0.5) is 0 Å². The van der Waals surface area contributed by atoms with Crippen LogP contribution in [-0.2, 0) is 0 Å². The van der Waals surface area contributed by atoms with Crippen LogP contribution in [0.1, 0.15) is 39.6 Å². The lowest BCUT2D eigenvalue weighted by Gasteiger charge is -2.09. The fourth-order valence-electron chi connectivity index (χ4n) is 2.63. The predicted molar refractivity (Wildman–Crippen MR) is 131 cm³/mol. The standard InChI is InChI=1S/C24H20Br2N2O4/c1-2-12-31-21-9-6-16(7-10-21)24(30)32-22-11-8-20(26)14-18(22)15-27-28-23(29)17-4-3-5-19(25)13-17/h3-11,13-15H,2,12H2,1H3,(H,28,29)/b27-15+. The average molecular weight is 560 g/mol. The van der Waals surface area contributed by atoms with Crippen LogP contribution in [0.25, 0.3) is 0 Å². The number of hydrogen-bond acceptors (Lipinski definition) is 5. The Kier molecular flexibility index (Phi) is 8.58. The van der Waals surface area contributed by atoms with Gasteiger partial charge in [-0.1, -0.05) is 44.8 Å². The predicted octanol–water partition coefficient (Wildman–Crippen LogP) is 5.98. The van der Waals surface area contributed by atoms with Crippen LogP contribution >= 0.6 is 31.9 Å². The molecule has 0 aliphatic carbocycles. The van der Waals surface area contributed by atoms with Gasteiger partial charge in [-0.15, -0.1) is 0 Å². The van der Waals surface area contributed by atoms with E-state index in [2.05, 4.69) is 42.4 Å². The van der Waals surface area contributed by atoms with E-state index >= 15 is 0 Å². The first-order chi connectivity index (χ1) is 15.5. The molecular weight excluding hydrogens is 540 g/mol. The van der Waals surface area contributed by atoms with Gasteiger partial charge in [-0.25, -0.2) is 10.2 Å². The topological polar surface area (TPSA) is 77.0 Å². The molecule has 1 amide bonds. The molecule has 0 aliphatic rings. The molecule has 3 rings (SSSR count). The zero-order chi connectivity index (χ0) is 22.9. The molecular formula is C24H20Br2N2O4. The molecule has 8 heteroatoms. The summed E-state index contributed by atoms with van der Waals surface area (Å²) in [7, 11) is 0. The first kappa shape index (κ1) is 23.7. The Hall–Kier alpha value is -2.97. The number of nitrogens with one attached hydrogen (secondary N) is 1. The zero-order valence-corrected chi connectivity index (χ0v) is 20.4. The third kappa shape index (κ3) is 6.77. The highest BCUT2D eigenvalue weighted by molar-refractivity contribution is 9.10. The van der Waals surface area contributed by atoms with Crippen molar-refractivity contribution in [1.29, 1.82) is 0 Å². The minimum absolute atomic E-state index is 0.310. The molecule has 0 saturated carbocycles. The highest BCUT2D eigenvalue weighted by Crippen LogP contribution is 2.23. The number of hydrogen-bond donors (Lipinski definition) is 1. The van der Waals surface area contributed by atoms with Crippen LogP contribution in [0.2, 0.25) is 0 Å². The summed E-state index contributed by atoms with van der Waals surface area (Å²) >= 11 is 6.72. The van der Waals surface area contributed by atoms with E-state index in [1.54, 1.807) is 60.7 Å². The third-order valence-corrected chi connectivity index (χ3v) is 5.18. The Balaban J connectivity index is 1.69. The monoisotopic (exact) mass is 558 g/mol. The van der Waals surface area contributed by atoms with Gasteiger partial charge in [0.05, 0.1) is 18.4 Å². The summed E-state index contributed by atoms with van der Waals surface area (Å²) in [5.74, 6) is 0.134. The molecule has 0 radical (unpaired) electrons. The Morgan fingerprint density at radius 1 is 0.969 bits per heavy atom. The lowest BCUT2D eigenvalue weighted by molar-refractivity contribution is 0.0734. The number of esters is 1. The molecule has 164 valence electrons. The largest absolute Gasteiger partial charge is 0.494 e. The second kappa shape index (κ2) is 11.6. The maximum Gasteiger partial charge on any atom is 0.343 e. The minimum atomic E-state index is -0.512. The van der Waals surface area contributed by atoms with E-state index in [1.807, 2.05) is 13.0 Å². The molecule has 0 heterocycles. The van der Waals surface area contributed by atoms with Crippen LogP contribution in [0, 0.1) is 0 Å². The SMILES string of the molecule is CCCOc1ccc(C(=O)Oc2ccc(Br)cc2/C=N/NC(=O)c2cccc(Br)c2)cc1. The van der Waals surface area contributed by atoms with Crippen molar-refractivity contribution in [3.63, 3.8) is 0 Å². The van der Waals surface area contributed by atoms with Crippen LogP contribution in [0.3, 0.4) is 0 Å². The van der Waals surface area contributed by atoms with Crippen molar-refractivity contribution in [1.82, 2.24) is 5.43 Å². The molecule has 1 N–H and O–H groups in total. The highest BCUT2D eigenvalue weighted by Gasteiger charge is 2.12. The van der Waals surface area contributed by atoms with E-state index in [4.69, 9.17) is 9.47 Å². The maximum absolute atomic E-state index is 12.6. The molecule has 0 saturated heterocycles. The van der Waals surface area contributed by atoms with Crippen molar-refractivity contribution in [2.45, 2.75) is 13.3 Å². The van der Waals surface area contributed by atoms with Gasteiger partial charge in [0.2, 0.25) is 0 Å². The van der Waals surface area contributed by atoms with E-state index in [-0.39, 0.29) is 5.91 Å². The van der Waals surface area contributed by atoms with Gasteiger partial charge in [-0.3, -0.25) is 4.79 Å². The molecule has 0 aliphatic heterocycles. The summed E-state index contributed by atoms with van der Waals surface area (Å²) in [5.41, 5.74) is 3.84. The number of amides is 1. The van der Waals surface area contributed by atoms with Crippen LogP contribution in [-0.4, -0.2) is 24.7 Å². The van der Waals surface area contributed by atoms with Crippen molar-refractivity contribution in [2.24, 2.45) is 5.10 Å². The number of ether oxygens (including phenoxy) is 2. The number of rotatable bonds is 8. The number of carbonyl (C=O) groups excluding carboxylic acids is 2. The van der Waals surface area contributed by atoms with Crippen molar-refractivity contribution in [3.05, 3.63) is 92.4 Å². The average Bonchev–Trinajstić information content (AvgIpc) is 2.79. The number of halogens is 2. The maximum atomic E-state index is 12.6. The van der Waals surface area contributed by atoms with Crippen molar-refractivity contribution in [3.8, 4) is 11.5 Å². The van der Waals surface area contributed by atoms with Gasteiger partial charge < -0.3 is 9.47 Å². The number of benzene rings is 3. The van der Waals surface area contributed by atoms with E-state index in [9.17, 15) is 9.59 Å². The smallest absolute Gasteiger partial charge is 0.343 e. The lowest BCUT2D eigenvalue weighted by Crippen LogP contribution is -2.17. The molecule has 0 aromatic heterocycles. The summed E-state index contributed by atoms with van der Waals surface area (Å²) in [4.78, 5) is 24.8. The molecule has 3 aromatic rings. The summed E-state index contributed by atoms with van der Waals surface area (Å²) in [5, 5.41) is 4.00. The van der Waals surface area contributed by atoms with E-state index in [1.165, 1.54) is 6.21 Å². The summed E-state index contributed by atoms with van der Waals surface area (Å²) in [6.07, 6.45) is 2.33. The molecule has 0 unspecified atom stereocenters. The molecule has 0 atom stereocenters. The van der Waals surface area contributed by atoms with Gasteiger partial charge in [0.25, 0.3) is 5.91 Å². The quantitative estimate of drug-likeness (QED) is 0.159. The molecule has 3 aromatic carbocycles. The third-order valence-electron chi connectivity index (χ3n) is 4.19. The summed E-state index contributed by atoms with van der Waals surface area (Å²) in [6.45, 7) is 2.64. The van der Waals surface area contributed by atoms with Gasteiger partial charge in [0.1, 0.15) is 11.5 Å².